The number of hydrogen-bond acceptors (Lipinski definition) is 4. The molecule has 1 amide bonds. The average molecular weight is 396 g/mol. The van der Waals surface area contributed by atoms with E-state index in [1.807, 2.05) is 18.2 Å². The Hall–Kier alpha value is -3.05. The Morgan fingerprint density at radius 3 is 2.61 bits per heavy atom. The normalized spacial score (nSPS) is 10.4. The number of benzene rings is 2. The summed E-state index contributed by atoms with van der Waals surface area (Å²) in [5.41, 5.74) is 2.39. The molecule has 0 bridgehead atoms. The second-order valence-corrected chi connectivity index (χ2v) is 6.66. The molecule has 5 nitrogen and oxygen atoms in total. The van der Waals surface area contributed by atoms with Gasteiger partial charge in [0.15, 0.2) is 0 Å². The zero-order valence-corrected chi connectivity index (χ0v) is 16.4. The van der Waals surface area contributed by atoms with Crippen molar-refractivity contribution >= 4 is 29.0 Å². The summed E-state index contributed by atoms with van der Waals surface area (Å²) in [6.45, 7) is 0.817. The van der Waals surface area contributed by atoms with Crippen molar-refractivity contribution in [1.82, 2.24) is 4.98 Å². The zero-order chi connectivity index (χ0) is 19.8. The maximum atomic E-state index is 12.4. The molecule has 0 unspecified atom stereocenters. The molecule has 1 heterocycles. The Labute approximate surface area is 169 Å². The van der Waals surface area contributed by atoms with E-state index in [2.05, 4.69) is 27.8 Å². The number of carbonyl (C=O) groups is 1. The van der Waals surface area contributed by atoms with Gasteiger partial charge < -0.3 is 15.4 Å². The lowest BCUT2D eigenvalue weighted by Crippen LogP contribution is -2.13. The molecule has 0 aliphatic carbocycles. The smallest absolute Gasteiger partial charge is 0.257 e. The second-order valence-electron chi connectivity index (χ2n) is 6.25. The van der Waals surface area contributed by atoms with Crippen LogP contribution in [0, 0.1) is 0 Å². The topological polar surface area (TPSA) is 63.2 Å². The molecule has 0 atom stereocenters. The van der Waals surface area contributed by atoms with E-state index in [-0.39, 0.29) is 5.91 Å². The van der Waals surface area contributed by atoms with Gasteiger partial charge in [0, 0.05) is 18.4 Å². The number of rotatable bonds is 8. The lowest BCUT2D eigenvalue weighted by atomic mass is 10.1. The molecule has 3 rings (SSSR count). The van der Waals surface area contributed by atoms with Gasteiger partial charge in [0.1, 0.15) is 11.6 Å². The molecule has 1 aromatic heterocycles. The summed E-state index contributed by atoms with van der Waals surface area (Å²) in [6, 6.07) is 19.0. The Balaban J connectivity index is 1.49. The number of pyridine rings is 1. The third-order valence-electron chi connectivity index (χ3n) is 4.23. The number of amides is 1. The van der Waals surface area contributed by atoms with Crippen molar-refractivity contribution < 1.29 is 9.53 Å². The zero-order valence-electron chi connectivity index (χ0n) is 15.6. The third-order valence-corrected chi connectivity index (χ3v) is 4.52. The molecule has 0 fully saturated rings. The Kier molecular flexibility index (Phi) is 6.87. The van der Waals surface area contributed by atoms with Crippen LogP contribution in [0.2, 0.25) is 5.02 Å². The Bertz CT molecular complexity index is 915. The van der Waals surface area contributed by atoms with E-state index < -0.39 is 0 Å². The van der Waals surface area contributed by atoms with Gasteiger partial charge >= 0.3 is 0 Å². The summed E-state index contributed by atoms with van der Waals surface area (Å²) in [4.78, 5) is 16.7. The lowest BCUT2D eigenvalue weighted by Gasteiger charge is -2.09. The van der Waals surface area contributed by atoms with Gasteiger partial charge in [0.2, 0.25) is 0 Å². The molecule has 0 aliphatic rings. The predicted molar refractivity (Wildman–Crippen MR) is 113 cm³/mol. The highest BCUT2D eigenvalue weighted by Crippen LogP contribution is 2.27. The van der Waals surface area contributed by atoms with E-state index in [4.69, 9.17) is 16.3 Å². The van der Waals surface area contributed by atoms with E-state index in [0.717, 1.165) is 25.2 Å². The van der Waals surface area contributed by atoms with Crippen molar-refractivity contribution in [2.45, 2.75) is 12.8 Å². The number of nitrogens with zero attached hydrogens (tertiary/aromatic N) is 1. The third kappa shape index (κ3) is 5.47. The molecule has 0 saturated carbocycles. The minimum atomic E-state index is -0.246. The number of methoxy groups -OCH3 is 1. The van der Waals surface area contributed by atoms with Gasteiger partial charge in [-0.15, -0.1) is 0 Å². The maximum Gasteiger partial charge on any atom is 0.257 e. The quantitative estimate of drug-likeness (QED) is 0.524. The molecule has 2 aromatic carbocycles. The standard InChI is InChI=1S/C22H22ClN3O2/c1-28-20-11-10-18(14-19(20)23)26-22(27)17-9-12-21(25-15-17)24-13-5-8-16-6-3-2-4-7-16/h2-4,6-7,9-12,14-15H,5,8,13H2,1H3,(H,24,25)(H,26,27). The lowest BCUT2D eigenvalue weighted by molar-refractivity contribution is 0.102. The van der Waals surface area contributed by atoms with E-state index in [1.165, 1.54) is 5.56 Å². The number of aromatic nitrogens is 1. The molecule has 0 spiro atoms. The molecule has 3 aromatic rings. The molecular formula is C22H22ClN3O2. The fraction of sp³-hybridized carbons (Fsp3) is 0.182. The minimum absolute atomic E-state index is 0.246. The molecule has 144 valence electrons. The van der Waals surface area contributed by atoms with E-state index in [1.54, 1.807) is 43.6 Å². The highest BCUT2D eigenvalue weighted by molar-refractivity contribution is 6.32. The van der Waals surface area contributed by atoms with Gasteiger partial charge in [-0.1, -0.05) is 41.9 Å². The first-order valence-corrected chi connectivity index (χ1v) is 9.42. The summed E-state index contributed by atoms with van der Waals surface area (Å²) in [6.07, 6.45) is 3.57. The molecule has 0 saturated heterocycles. The number of hydrogen-bond donors (Lipinski definition) is 2. The molecule has 0 aliphatic heterocycles. The number of carbonyl (C=O) groups excluding carboxylic acids is 1. The molecule has 2 N–H and O–H groups in total. The monoisotopic (exact) mass is 395 g/mol. The van der Waals surface area contributed by atoms with Crippen LogP contribution < -0.4 is 15.4 Å². The first-order chi connectivity index (χ1) is 13.7. The fourth-order valence-corrected chi connectivity index (χ4v) is 2.99. The van der Waals surface area contributed by atoms with Crippen LogP contribution in [0.15, 0.2) is 66.9 Å². The van der Waals surface area contributed by atoms with Crippen LogP contribution in [0.1, 0.15) is 22.3 Å². The number of halogens is 1. The summed E-state index contributed by atoms with van der Waals surface area (Å²) in [5.74, 6) is 1.06. The molecular weight excluding hydrogens is 374 g/mol. The fourth-order valence-electron chi connectivity index (χ4n) is 2.73. The van der Waals surface area contributed by atoms with E-state index in [9.17, 15) is 4.79 Å². The van der Waals surface area contributed by atoms with Gasteiger partial charge in [0.25, 0.3) is 5.91 Å². The average Bonchev–Trinajstić information content (AvgIpc) is 2.72. The second kappa shape index (κ2) is 9.76. The molecule has 0 radical (unpaired) electrons. The van der Waals surface area contributed by atoms with Crippen LogP contribution in [-0.2, 0) is 6.42 Å². The van der Waals surface area contributed by atoms with Crippen LogP contribution in [0.5, 0.6) is 5.75 Å². The van der Waals surface area contributed by atoms with Crippen molar-refractivity contribution in [3.05, 3.63) is 83.0 Å². The van der Waals surface area contributed by atoms with Gasteiger partial charge in [-0.05, 0) is 48.7 Å². The summed E-state index contributed by atoms with van der Waals surface area (Å²) in [5, 5.41) is 6.52. The van der Waals surface area contributed by atoms with Crippen molar-refractivity contribution in [3.63, 3.8) is 0 Å². The highest BCUT2D eigenvalue weighted by atomic mass is 35.5. The van der Waals surface area contributed by atoms with Crippen LogP contribution in [0.25, 0.3) is 0 Å². The number of aryl methyl sites for hydroxylation is 1. The van der Waals surface area contributed by atoms with Crippen LogP contribution >= 0.6 is 11.6 Å². The first-order valence-electron chi connectivity index (χ1n) is 9.04. The number of nitrogens with one attached hydrogen (secondary N) is 2. The van der Waals surface area contributed by atoms with Crippen molar-refractivity contribution in [2.75, 3.05) is 24.3 Å². The van der Waals surface area contributed by atoms with Crippen molar-refractivity contribution in [2.24, 2.45) is 0 Å². The SMILES string of the molecule is COc1ccc(NC(=O)c2ccc(NCCCc3ccccc3)nc2)cc1Cl. The van der Waals surface area contributed by atoms with E-state index in [0.29, 0.717) is 22.0 Å². The predicted octanol–water partition coefficient (Wildman–Crippen LogP) is 5.04. The van der Waals surface area contributed by atoms with Crippen LogP contribution in [0.3, 0.4) is 0 Å². The molecule has 6 heteroatoms. The van der Waals surface area contributed by atoms with Gasteiger partial charge in [-0.25, -0.2) is 4.98 Å². The number of ether oxygens (including phenoxy) is 1. The van der Waals surface area contributed by atoms with Crippen LogP contribution in [0.4, 0.5) is 11.5 Å². The van der Waals surface area contributed by atoms with E-state index >= 15 is 0 Å². The maximum absolute atomic E-state index is 12.4. The number of anilines is 2. The minimum Gasteiger partial charge on any atom is -0.495 e. The Morgan fingerprint density at radius 1 is 1.11 bits per heavy atom. The van der Waals surface area contributed by atoms with Crippen LogP contribution in [-0.4, -0.2) is 24.5 Å². The van der Waals surface area contributed by atoms with Gasteiger partial charge in [-0.2, -0.15) is 0 Å². The molecule has 28 heavy (non-hydrogen) atoms. The largest absolute Gasteiger partial charge is 0.495 e. The van der Waals surface area contributed by atoms with Crippen molar-refractivity contribution in [1.29, 1.82) is 0 Å². The summed E-state index contributed by atoms with van der Waals surface area (Å²) in [7, 11) is 1.54. The van der Waals surface area contributed by atoms with Crippen molar-refractivity contribution in [3.8, 4) is 5.75 Å². The summed E-state index contributed by atoms with van der Waals surface area (Å²) < 4.78 is 5.11. The highest BCUT2D eigenvalue weighted by Gasteiger charge is 2.09. The summed E-state index contributed by atoms with van der Waals surface area (Å²) >= 11 is 6.08. The Morgan fingerprint density at radius 2 is 1.93 bits per heavy atom. The van der Waals surface area contributed by atoms with Gasteiger partial charge in [-0.3, -0.25) is 4.79 Å². The first kappa shape index (κ1) is 19.7. The van der Waals surface area contributed by atoms with Gasteiger partial charge in [0.05, 0.1) is 17.7 Å².